The van der Waals surface area contributed by atoms with Crippen LogP contribution in [0.1, 0.15) is 33.4 Å². The van der Waals surface area contributed by atoms with E-state index in [1.165, 1.54) is 6.33 Å². The van der Waals surface area contributed by atoms with Crippen molar-refractivity contribution in [1.82, 2.24) is 19.5 Å². The molecule has 0 radical (unpaired) electrons. The van der Waals surface area contributed by atoms with Crippen molar-refractivity contribution in [2.24, 2.45) is 0 Å². The fourth-order valence-corrected chi connectivity index (χ4v) is 3.70. The van der Waals surface area contributed by atoms with E-state index in [0.29, 0.717) is 30.0 Å². The van der Waals surface area contributed by atoms with E-state index in [0.717, 1.165) is 0 Å². The normalized spacial score (nSPS) is 25.0. The molecule has 3 heterocycles. The number of rotatable bonds is 4. The molecule has 3 N–H and O–H groups in total. The van der Waals surface area contributed by atoms with Crippen molar-refractivity contribution in [2.45, 2.75) is 63.8 Å². The van der Waals surface area contributed by atoms with Crippen molar-refractivity contribution in [3.8, 4) is 0 Å². The minimum Gasteiger partial charge on any atom is -0.414 e. The van der Waals surface area contributed by atoms with E-state index in [2.05, 4.69) is 48.8 Å². The number of hydrogen-bond donors (Lipinski definition) is 2. The highest BCUT2D eigenvalue weighted by molar-refractivity contribution is 6.74. The first-order chi connectivity index (χ1) is 11.6. The molecular formula is C16H27N5O3Si. The third kappa shape index (κ3) is 3.41. The number of imidazole rings is 1. The average Bonchev–Trinajstić information content (AvgIpc) is 3.08. The second kappa shape index (κ2) is 6.31. The highest BCUT2D eigenvalue weighted by atomic mass is 28.4. The number of nitrogens with zero attached hydrogens (tertiary/aromatic N) is 4. The van der Waals surface area contributed by atoms with Crippen molar-refractivity contribution in [3.05, 3.63) is 12.7 Å². The molecular weight excluding hydrogens is 338 g/mol. The average molecular weight is 366 g/mol. The lowest BCUT2D eigenvalue weighted by atomic mass is 10.2. The molecule has 138 valence electrons. The molecule has 8 nitrogen and oxygen atoms in total. The van der Waals surface area contributed by atoms with Crippen molar-refractivity contribution in [1.29, 1.82) is 0 Å². The van der Waals surface area contributed by atoms with Gasteiger partial charge in [-0.3, -0.25) is 4.57 Å². The number of fused-ring (bicyclic) bond motifs is 1. The monoisotopic (exact) mass is 365 g/mol. The van der Waals surface area contributed by atoms with E-state index in [9.17, 15) is 5.11 Å². The van der Waals surface area contributed by atoms with Gasteiger partial charge < -0.3 is 20.0 Å². The molecule has 0 saturated carbocycles. The predicted octanol–water partition coefficient (Wildman–Crippen LogP) is 2.08. The fourth-order valence-electron chi connectivity index (χ4n) is 2.66. The summed E-state index contributed by atoms with van der Waals surface area (Å²) in [4.78, 5) is 12.4. The van der Waals surface area contributed by atoms with Crippen LogP contribution in [0.25, 0.3) is 11.2 Å². The summed E-state index contributed by atoms with van der Waals surface area (Å²) in [6, 6.07) is 0. The van der Waals surface area contributed by atoms with E-state index in [1.807, 2.05) is 0 Å². The molecule has 0 bridgehead atoms. The highest BCUT2D eigenvalue weighted by Crippen LogP contribution is 2.38. The Kier molecular flexibility index (Phi) is 4.61. The van der Waals surface area contributed by atoms with Gasteiger partial charge in [-0.05, 0) is 18.1 Å². The fraction of sp³-hybridized carbons (Fsp3) is 0.688. The summed E-state index contributed by atoms with van der Waals surface area (Å²) in [5.41, 5.74) is 6.89. The largest absolute Gasteiger partial charge is 0.414 e. The number of aliphatic hydroxyl groups is 1. The quantitative estimate of drug-likeness (QED) is 0.798. The zero-order valence-corrected chi connectivity index (χ0v) is 16.4. The molecule has 1 aliphatic rings. The summed E-state index contributed by atoms with van der Waals surface area (Å²) >= 11 is 0. The van der Waals surface area contributed by atoms with Crippen molar-refractivity contribution in [2.75, 3.05) is 12.3 Å². The summed E-state index contributed by atoms with van der Waals surface area (Å²) in [6.07, 6.45) is 2.12. The van der Waals surface area contributed by atoms with Crippen LogP contribution in [0.15, 0.2) is 12.7 Å². The third-order valence-corrected chi connectivity index (χ3v) is 9.76. The molecule has 9 heteroatoms. The number of ether oxygens (including phenoxy) is 1. The Morgan fingerprint density at radius 1 is 1.36 bits per heavy atom. The summed E-state index contributed by atoms with van der Waals surface area (Å²) in [7, 11) is -1.85. The van der Waals surface area contributed by atoms with Gasteiger partial charge in [-0.1, -0.05) is 20.8 Å². The molecule has 1 fully saturated rings. The molecule has 1 aliphatic heterocycles. The minimum atomic E-state index is -1.85. The van der Waals surface area contributed by atoms with Crippen LogP contribution >= 0.6 is 0 Å². The van der Waals surface area contributed by atoms with Gasteiger partial charge >= 0.3 is 0 Å². The van der Waals surface area contributed by atoms with Gasteiger partial charge in [-0.2, -0.15) is 0 Å². The maximum absolute atomic E-state index is 10.5. The van der Waals surface area contributed by atoms with Crippen LogP contribution in [0.2, 0.25) is 18.1 Å². The van der Waals surface area contributed by atoms with E-state index in [1.54, 1.807) is 10.9 Å². The Hall–Kier alpha value is -1.55. The van der Waals surface area contributed by atoms with Gasteiger partial charge in [0.1, 0.15) is 17.9 Å². The number of aliphatic hydroxyl groups excluding tert-OH is 1. The molecule has 2 aromatic rings. The maximum atomic E-state index is 10.5. The highest BCUT2D eigenvalue weighted by Gasteiger charge is 2.41. The summed E-state index contributed by atoms with van der Waals surface area (Å²) < 4.78 is 14.0. The van der Waals surface area contributed by atoms with E-state index < -0.39 is 20.6 Å². The van der Waals surface area contributed by atoms with Crippen LogP contribution in [0.3, 0.4) is 0 Å². The van der Waals surface area contributed by atoms with Gasteiger partial charge in [0.15, 0.2) is 26.0 Å². The van der Waals surface area contributed by atoms with Crippen LogP contribution < -0.4 is 5.73 Å². The first-order valence-corrected chi connectivity index (χ1v) is 11.4. The lowest BCUT2D eigenvalue weighted by Crippen LogP contribution is -2.42. The van der Waals surface area contributed by atoms with E-state index in [4.69, 9.17) is 14.9 Å². The Bertz CT molecular complexity index is 758. The van der Waals surface area contributed by atoms with Gasteiger partial charge in [0.25, 0.3) is 0 Å². The zero-order valence-electron chi connectivity index (χ0n) is 15.4. The number of nitrogens with two attached hydrogens (primary N) is 1. The Morgan fingerprint density at radius 3 is 2.76 bits per heavy atom. The van der Waals surface area contributed by atoms with Crippen LogP contribution in [-0.4, -0.2) is 51.8 Å². The minimum absolute atomic E-state index is 0.138. The number of nitrogen functional groups attached to an aromatic ring is 1. The van der Waals surface area contributed by atoms with Crippen LogP contribution in [0, 0.1) is 0 Å². The topological polar surface area (TPSA) is 108 Å². The molecule has 1 unspecified atom stereocenters. The van der Waals surface area contributed by atoms with Gasteiger partial charge in [0, 0.05) is 6.42 Å². The molecule has 25 heavy (non-hydrogen) atoms. The number of anilines is 1. The first-order valence-electron chi connectivity index (χ1n) is 8.50. The van der Waals surface area contributed by atoms with Crippen LogP contribution in [0.4, 0.5) is 5.82 Å². The number of aromatic nitrogens is 4. The Balaban J connectivity index is 1.72. The van der Waals surface area contributed by atoms with E-state index >= 15 is 0 Å². The third-order valence-electron chi connectivity index (χ3n) is 5.26. The summed E-state index contributed by atoms with van der Waals surface area (Å²) in [5.74, 6) is 0.314. The SMILES string of the molecule is CC(C)(C)[Si](C)(C)OC[C@@H]1CC(O)[C@H](n2cnc3c(N)ncnc32)O1. The molecule has 2 aromatic heterocycles. The lowest BCUT2D eigenvalue weighted by molar-refractivity contribution is -0.0471. The standard InChI is InChI=1S/C16H27N5O3Si/c1-16(2,3)25(4,5)23-7-10-6-11(22)15(24-10)21-9-20-12-13(17)18-8-19-14(12)21/h8-11,15,22H,6-7H2,1-5H3,(H2,17,18,19)/t10-,11?,15+/m0/s1. The first kappa shape index (κ1) is 18.2. The smallest absolute Gasteiger partial charge is 0.192 e. The van der Waals surface area contributed by atoms with Crippen molar-refractivity contribution >= 4 is 25.3 Å². The predicted molar refractivity (Wildman–Crippen MR) is 97.4 cm³/mol. The second-order valence-electron chi connectivity index (χ2n) is 8.11. The molecule has 1 saturated heterocycles. The van der Waals surface area contributed by atoms with Gasteiger partial charge in [0.2, 0.25) is 0 Å². The number of hydrogen-bond acceptors (Lipinski definition) is 7. The van der Waals surface area contributed by atoms with Gasteiger partial charge in [0.05, 0.1) is 19.0 Å². The Labute approximate surface area is 148 Å². The maximum Gasteiger partial charge on any atom is 0.192 e. The summed E-state index contributed by atoms with van der Waals surface area (Å²) in [5, 5.41) is 10.6. The zero-order chi connectivity index (χ0) is 18.4. The second-order valence-corrected chi connectivity index (χ2v) is 12.9. The van der Waals surface area contributed by atoms with Crippen molar-refractivity contribution < 1.29 is 14.3 Å². The van der Waals surface area contributed by atoms with Crippen LogP contribution in [0.5, 0.6) is 0 Å². The van der Waals surface area contributed by atoms with Crippen molar-refractivity contribution in [3.63, 3.8) is 0 Å². The molecule has 3 atom stereocenters. The molecule has 3 rings (SSSR count). The molecule has 0 spiro atoms. The summed E-state index contributed by atoms with van der Waals surface area (Å²) in [6.45, 7) is 11.5. The van der Waals surface area contributed by atoms with Crippen LogP contribution in [-0.2, 0) is 9.16 Å². The van der Waals surface area contributed by atoms with Gasteiger partial charge in [-0.25, -0.2) is 15.0 Å². The van der Waals surface area contributed by atoms with Gasteiger partial charge in [-0.15, -0.1) is 0 Å². The molecule has 0 aliphatic carbocycles. The molecule has 0 aromatic carbocycles. The van der Waals surface area contributed by atoms with E-state index in [-0.39, 0.29) is 11.1 Å². The molecule has 0 amide bonds. The Morgan fingerprint density at radius 2 is 2.08 bits per heavy atom. The lowest BCUT2D eigenvalue weighted by Gasteiger charge is -2.36.